The lowest BCUT2D eigenvalue weighted by molar-refractivity contribution is -0.133. The maximum Gasteiger partial charge on any atom is 0.234 e. The fourth-order valence-corrected chi connectivity index (χ4v) is 4.20. The smallest absolute Gasteiger partial charge is 0.234 e. The third-order valence-corrected chi connectivity index (χ3v) is 6.02. The highest BCUT2D eigenvalue weighted by Crippen LogP contribution is 2.34. The van der Waals surface area contributed by atoms with Gasteiger partial charge in [-0.15, -0.1) is 5.10 Å². The summed E-state index contributed by atoms with van der Waals surface area (Å²) in [6, 6.07) is 20.6. The summed E-state index contributed by atoms with van der Waals surface area (Å²) >= 11 is 0. The van der Waals surface area contributed by atoms with Gasteiger partial charge in [0.2, 0.25) is 5.91 Å². The number of carbonyl (C=O) groups excluding carboxylic acids is 1. The van der Waals surface area contributed by atoms with Crippen LogP contribution in [0.2, 0.25) is 0 Å². The molecule has 3 aromatic rings. The molecule has 0 N–H and O–H groups in total. The molecule has 7 heteroatoms. The Bertz CT molecular complexity index is 938. The van der Waals surface area contributed by atoms with Crippen molar-refractivity contribution in [1.29, 1.82) is 0 Å². The molecule has 0 bridgehead atoms. The molecule has 2 fully saturated rings. The molecule has 2 aliphatic rings. The molecule has 30 heavy (non-hydrogen) atoms. The molecule has 7 nitrogen and oxygen atoms in total. The van der Waals surface area contributed by atoms with Crippen LogP contribution >= 0.6 is 0 Å². The second kappa shape index (κ2) is 8.36. The number of carbonyl (C=O) groups is 1. The van der Waals surface area contributed by atoms with Crippen LogP contribution in [0.5, 0.6) is 0 Å². The van der Waals surface area contributed by atoms with Crippen LogP contribution in [-0.4, -0.2) is 62.1 Å². The number of hydrogen-bond acceptors (Lipinski definition) is 5. The molecule has 0 unspecified atom stereocenters. The fraction of sp³-hybridized carbons (Fsp3) is 0.391. The van der Waals surface area contributed by atoms with Crippen LogP contribution < -0.4 is 0 Å². The largest absolute Gasteiger partial charge is 0.339 e. The lowest BCUT2D eigenvalue weighted by Crippen LogP contribution is -2.49. The van der Waals surface area contributed by atoms with E-state index in [1.54, 1.807) is 0 Å². The van der Waals surface area contributed by atoms with E-state index in [-0.39, 0.29) is 11.8 Å². The first kappa shape index (κ1) is 18.9. The molecule has 0 atom stereocenters. The van der Waals surface area contributed by atoms with Crippen molar-refractivity contribution in [3.63, 3.8) is 0 Å². The predicted octanol–water partition coefficient (Wildman–Crippen LogP) is 2.48. The van der Waals surface area contributed by atoms with Gasteiger partial charge in [0.05, 0.1) is 18.5 Å². The standard InChI is InChI=1S/C23H26N6O/c30-23(22(18-7-3-1-4-8-18)19-9-5-2-6-10-19)28-15-13-27(14-16-28)17-21-24-25-26-29(21)20-11-12-20/h1-10,20,22H,11-17H2. The highest BCUT2D eigenvalue weighted by molar-refractivity contribution is 5.87. The second-order valence-electron chi connectivity index (χ2n) is 8.13. The van der Waals surface area contributed by atoms with Gasteiger partial charge < -0.3 is 4.90 Å². The highest BCUT2D eigenvalue weighted by Gasteiger charge is 2.31. The van der Waals surface area contributed by atoms with Gasteiger partial charge in [0.15, 0.2) is 5.82 Å². The van der Waals surface area contributed by atoms with Crippen LogP contribution in [0, 0.1) is 0 Å². The molecule has 0 radical (unpaired) electrons. The lowest BCUT2D eigenvalue weighted by atomic mass is 9.90. The third kappa shape index (κ3) is 3.98. The minimum atomic E-state index is -0.263. The van der Waals surface area contributed by atoms with E-state index < -0.39 is 0 Å². The molecule has 2 aromatic carbocycles. The highest BCUT2D eigenvalue weighted by atomic mass is 16.2. The van der Waals surface area contributed by atoms with Gasteiger partial charge in [-0.2, -0.15) is 0 Å². The third-order valence-electron chi connectivity index (χ3n) is 6.02. The van der Waals surface area contributed by atoms with Crippen molar-refractivity contribution in [2.75, 3.05) is 26.2 Å². The Hall–Kier alpha value is -3.06. The predicted molar refractivity (Wildman–Crippen MR) is 113 cm³/mol. The van der Waals surface area contributed by atoms with E-state index in [9.17, 15) is 4.79 Å². The second-order valence-corrected chi connectivity index (χ2v) is 8.13. The number of aromatic nitrogens is 4. The number of benzene rings is 2. The van der Waals surface area contributed by atoms with Gasteiger partial charge in [-0.05, 0) is 34.4 Å². The van der Waals surface area contributed by atoms with E-state index in [2.05, 4.69) is 20.4 Å². The number of amides is 1. The van der Waals surface area contributed by atoms with Crippen LogP contribution in [-0.2, 0) is 11.3 Å². The van der Waals surface area contributed by atoms with Crippen molar-refractivity contribution in [3.05, 3.63) is 77.6 Å². The van der Waals surface area contributed by atoms with Gasteiger partial charge in [-0.25, -0.2) is 4.68 Å². The Morgan fingerprint density at radius 3 is 2.07 bits per heavy atom. The van der Waals surface area contributed by atoms with Crippen molar-refractivity contribution >= 4 is 5.91 Å². The first-order valence-corrected chi connectivity index (χ1v) is 10.7. The average Bonchev–Trinajstić information content (AvgIpc) is 3.54. The molecule has 1 aliphatic carbocycles. The fourth-order valence-electron chi connectivity index (χ4n) is 4.20. The molecule has 1 saturated carbocycles. The Morgan fingerprint density at radius 1 is 0.900 bits per heavy atom. The Morgan fingerprint density at radius 2 is 1.50 bits per heavy atom. The topological polar surface area (TPSA) is 67.2 Å². The van der Waals surface area contributed by atoms with E-state index in [0.717, 1.165) is 49.7 Å². The van der Waals surface area contributed by atoms with Crippen LogP contribution in [0.4, 0.5) is 0 Å². The van der Waals surface area contributed by atoms with Gasteiger partial charge in [-0.1, -0.05) is 60.7 Å². The molecule has 154 valence electrons. The average molecular weight is 403 g/mol. The van der Waals surface area contributed by atoms with Crippen molar-refractivity contribution in [2.24, 2.45) is 0 Å². The number of piperazine rings is 1. The molecule has 1 saturated heterocycles. The maximum absolute atomic E-state index is 13.5. The summed E-state index contributed by atoms with van der Waals surface area (Å²) in [5.41, 5.74) is 2.08. The van der Waals surface area contributed by atoms with Crippen molar-refractivity contribution in [3.8, 4) is 0 Å². The van der Waals surface area contributed by atoms with E-state index in [0.29, 0.717) is 6.04 Å². The molecule has 1 aliphatic heterocycles. The summed E-state index contributed by atoms with van der Waals surface area (Å²) in [5.74, 6) is 0.847. The Labute approximate surface area is 176 Å². The first-order chi connectivity index (χ1) is 14.8. The maximum atomic E-state index is 13.5. The van der Waals surface area contributed by atoms with Crippen molar-refractivity contribution < 1.29 is 4.79 Å². The van der Waals surface area contributed by atoms with E-state index in [1.807, 2.05) is 70.2 Å². The van der Waals surface area contributed by atoms with Crippen molar-refractivity contribution in [2.45, 2.75) is 31.3 Å². The summed E-state index contributed by atoms with van der Waals surface area (Å²) in [6.45, 7) is 3.85. The van der Waals surface area contributed by atoms with E-state index in [1.165, 1.54) is 12.8 Å². The number of hydrogen-bond donors (Lipinski definition) is 0. The van der Waals surface area contributed by atoms with Gasteiger partial charge >= 0.3 is 0 Å². The number of tetrazole rings is 1. The molecular weight excluding hydrogens is 376 g/mol. The molecule has 2 heterocycles. The number of rotatable bonds is 6. The van der Waals surface area contributed by atoms with Crippen molar-refractivity contribution in [1.82, 2.24) is 30.0 Å². The van der Waals surface area contributed by atoms with Gasteiger partial charge in [0.25, 0.3) is 0 Å². The van der Waals surface area contributed by atoms with Crippen LogP contribution in [0.3, 0.4) is 0 Å². The van der Waals surface area contributed by atoms with Gasteiger partial charge in [0, 0.05) is 26.2 Å². The monoisotopic (exact) mass is 402 g/mol. The zero-order valence-electron chi connectivity index (χ0n) is 17.0. The Kier molecular flexibility index (Phi) is 5.27. The number of nitrogens with zero attached hydrogens (tertiary/aromatic N) is 6. The van der Waals surface area contributed by atoms with Crippen LogP contribution in [0.25, 0.3) is 0 Å². The Balaban J connectivity index is 1.27. The first-order valence-electron chi connectivity index (χ1n) is 10.7. The van der Waals surface area contributed by atoms with E-state index in [4.69, 9.17) is 0 Å². The quantitative estimate of drug-likeness (QED) is 0.634. The SMILES string of the molecule is O=C(C(c1ccccc1)c1ccccc1)N1CCN(Cc2nnnn2C2CC2)CC1. The van der Waals surface area contributed by atoms with E-state index >= 15 is 0 Å². The summed E-state index contributed by atoms with van der Waals surface area (Å²) in [4.78, 5) is 17.9. The van der Waals surface area contributed by atoms with Gasteiger partial charge in [0.1, 0.15) is 0 Å². The molecule has 1 amide bonds. The van der Waals surface area contributed by atoms with Crippen LogP contribution in [0.1, 0.15) is 41.8 Å². The molecule has 1 aromatic heterocycles. The summed E-state index contributed by atoms with van der Waals surface area (Å²) in [6.07, 6.45) is 2.33. The molecule has 0 spiro atoms. The molecular formula is C23H26N6O. The van der Waals surface area contributed by atoms with Gasteiger partial charge in [-0.3, -0.25) is 9.69 Å². The summed E-state index contributed by atoms with van der Waals surface area (Å²) in [7, 11) is 0. The molecule has 5 rings (SSSR count). The van der Waals surface area contributed by atoms with Crippen LogP contribution in [0.15, 0.2) is 60.7 Å². The lowest BCUT2D eigenvalue weighted by Gasteiger charge is -2.36. The zero-order chi connectivity index (χ0) is 20.3. The summed E-state index contributed by atoms with van der Waals surface area (Å²) < 4.78 is 1.97. The minimum Gasteiger partial charge on any atom is -0.339 e. The normalized spacial score (nSPS) is 17.4. The zero-order valence-corrected chi connectivity index (χ0v) is 17.0. The summed E-state index contributed by atoms with van der Waals surface area (Å²) in [5, 5.41) is 12.2. The minimum absolute atomic E-state index is 0.176.